The summed E-state index contributed by atoms with van der Waals surface area (Å²) in [6.45, 7) is 2.59. The van der Waals surface area contributed by atoms with Crippen molar-refractivity contribution in [1.82, 2.24) is 15.0 Å². The van der Waals surface area contributed by atoms with E-state index in [1.807, 2.05) is 4.90 Å². The van der Waals surface area contributed by atoms with Crippen molar-refractivity contribution < 1.29 is 9.13 Å². The lowest BCUT2D eigenvalue weighted by Gasteiger charge is -2.26. The molecule has 8 heteroatoms. The highest BCUT2D eigenvalue weighted by Crippen LogP contribution is 2.19. The lowest BCUT2D eigenvalue weighted by molar-refractivity contribution is 0.122. The summed E-state index contributed by atoms with van der Waals surface area (Å²) in [6, 6.07) is 6.29. The normalized spacial score (nSPS) is 15.0. The average Bonchev–Trinajstić information content (AvgIpc) is 2.50. The van der Waals surface area contributed by atoms with E-state index in [4.69, 9.17) is 10.5 Å². The molecule has 0 saturated carbocycles. The molecule has 0 bridgehead atoms. The third-order valence-electron chi connectivity index (χ3n) is 3.06. The molecule has 0 radical (unpaired) electrons. The monoisotopic (exact) mass is 290 g/mol. The third-order valence-corrected chi connectivity index (χ3v) is 3.06. The summed E-state index contributed by atoms with van der Waals surface area (Å²) in [5.41, 5.74) is 5.99. The van der Waals surface area contributed by atoms with Crippen LogP contribution in [0.2, 0.25) is 0 Å². The Kier molecular flexibility index (Phi) is 3.78. The Labute approximate surface area is 121 Å². The summed E-state index contributed by atoms with van der Waals surface area (Å²) < 4.78 is 18.9. The predicted molar refractivity (Wildman–Crippen MR) is 77.0 cm³/mol. The molecule has 0 unspecified atom stereocenters. The molecule has 3 N–H and O–H groups in total. The summed E-state index contributed by atoms with van der Waals surface area (Å²) in [7, 11) is 0. The molecule has 2 aromatic rings. The summed E-state index contributed by atoms with van der Waals surface area (Å²) in [6.07, 6.45) is 0. The summed E-state index contributed by atoms with van der Waals surface area (Å²) >= 11 is 0. The minimum Gasteiger partial charge on any atom is -0.378 e. The topological polar surface area (TPSA) is 89.2 Å². The van der Waals surface area contributed by atoms with Crippen LogP contribution in [0.1, 0.15) is 0 Å². The number of rotatable bonds is 3. The van der Waals surface area contributed by atoms with Gasteiger partial charge in [0, 0.05) is 13.1 Å². The number of nitrogens with one attached hydrogen (secondary N) is 1. The van der Waals surface area contributed by atoms with E-state index in [1.165, 1.54) is 6.07 Å². The Morgan fingerprint density at radius 1 is 1.14 bits per heavy atom. The molecule has 3 rings (SSSR count). The van der Waals surface area contributed by atoms with Crippen LogP contribution in [0.15, 0.2) is 24.3 Å². The zero-order valence-electron chi connectivity index (χ0n) is 11.3. The van der Waals surface area contributed by atoms with Gasteiger partial charge in [-0.3, -0.25) is 0 Å². The fourth-order valence-electron chi connectivity index (χ4n) is 2.02. The molecule has 110 valence electrons. The molecule has 1 aliphatic heterocycles. The molecule has 0 atom stereocenters. The number of para-hydroxylation sites is 1. The van der Waals surface area contributed by atoms with E-state index in [-0.39, 0.29) is 23.4 Å². The maximum atomic E-state index is 13.6. The van der Waals surface area contributed by atoms with Crippen molar-refractivity contribution >= 4 is 23.5 Å². The maximum Gasteiger partial charge on any atom is 0.233 e. The van der Waals surface area contributed by atoms with Gasteiger partial charge >= 0.3 is 0 Å². The average molecular weight is 290 g/mol. The Morgan fingerprint density at radius 2 is 1.90 bits per heavy atom. The quantitative estimate of drug-likeness (QED) is 0.877. The van der Waals surface area contributed by atoms with E-state index in [2.05, 4.69) is 20.3 Å². The molecule has 1 aliphatic rings. The molecule has 2 heterocycles. The first-order valence-corrected chi connectivity index (χ1v) is 6.58. The van der Waals surface area contributed by atoms with Crippen molar-refractivity contribution in [2.45, 2.75) is 0 Å². The van der Waals surface area contributed by atoms with E-state index < -0.39 is 0 Å². The molecule has 0 spiro atoms. The Balaban J connectivity index is 1.85. The minimum absolute atomic E-state index is 0.0883. The lowest BCUT2D eigenvalue weighted by Crippen LogP contribution is -2.37. The van der Waals surface area contributed by atoms with Gasteiger partial charge in [-0.05, 0) is 12.1 Å². The highest BCUT2D eigenvalue weighted by atomic mass is 19.1. The van der Waals surface area contributed by atoms with E-state index in [9.17, 15) is 4.39 Å². The summed E-state index contributed by atoms with van der Waals surface area (Å²) in [4.78, 5) is 14.3. The fourth-order valence-corrected chi connectivity index (χ4v) is 2.02. The number of nitrogens with zero attached hydrogens (tertiary/aromatic N) is 4. The first kappa shape index (κ1) is 13.5. The first-order valence-electron chi connectivity index (χ1n) is 6.58. The van der Waals surface area contributed by atoms with Crippen LogP contribution in [0, 0.1) is 5.82 Å². The standard InChI is InChI=1S/C13H15FN6O/c14-9-3-1-2-4-10(9)16-12-17-11(15)18-13(19-12)20-5-7-21-8-6-20/h1-4H,5-8H2,(H3,15,16,17,18,19). The van der Waals surface area contributed by atoms with E-state index >= 15 is 0 Å². The van der Waals surface area contributed by atoms with Gasteiger partial charge in [0.15, 0.2) is 0 Å². The SMILES string of the molecule is Nc1nc(Nc2ccccc2F)nc(N2CCOCC2)n1. The molecule has 7 nitrogen and oxygen atoms in total. The predicted octanol–water partition coefficient (Wildman–Crippen LogP) is 1.17. The Bertz CT molecular complexity index is 632. The number of ether oxygens (including phenoxy) is 1. The molecule has 1 fully saturated rings. The second kappa shape index (κ2) is 5.88. The fraction of sp³-hybridized carbons (Fsp3) is 0.308. The van der Waals surface area contributed by atoms with Gasteiger partial charge in [-0.1, -0.05) is 12.1 Å². The molecule has 1 aromatic heterocycles. The number of anilines is 4. The van der Waals surface area contributed by atoms with Gasteiger partial charge in [0.25, 0.3) is 0 Å². The van der Waals surface area contributed by atoms with Crippen molar-refractivity contribution in [2.24, 2.45) is 0 Å². The largest absolute Gasteiger partial charge is 0.378 e. The molecule has 0 amide bonds. The zero-order valence-corrected chi connectivity index (χ0v) is 11.3. The van der Waals surface area contributed by atoms with Gasteiger partial charge < -0.3 is 20.7 Å². The van der Waals surface area contributed by atoms with Crippen molar-refractivity contribution in [3.63, 3.8) is 0 Å². The highest BCUT2D eigenvalue weighted by molar-refractivity contribution is 5.56. The van der Waals surface area contributed by atoms with Crippen molar-refractivity contribution in [3.8, 4) is 0 Å². The number of aromatic nitrogens is 3. The minimum atomic E-state index is -0.385. The number of hydrogen-bond donors (Lipinski definition) is 2. The van der Waals surface area contributed by atoms with Gasteiger partial charge in [-0.2, -0.15) is 15.0 Å². The molecule has 1 saturated heterocycles. The summed E-state index contributed by atoms with van der Waals surface area (Å²) in [5.74, 6) is 0.383. The van der Waals surface area contributed by atoms with Crippen LogP contribution in [0.3, 0.4) is 0 Å². The van der Waals surface area contributed by atoms with Gasteiger partial charge in [0.1, 0.15) is 5.82 Å². The van der Waals surface area contributed by atoms with Crippen LogP contribution in [0.25, 0.3) is 0 Å². The summed E-state index contributed by atoms with van der Waals surface area (Å²) in [5, 5.41) is 2.82. The molecular formula is C13H15FN6O. The highest BCUT2D eigenvalue weighted by Gasteiger charge is 2.16. The van der Waals surface area contributed by atoms with Gasteiger partial charge in [-0.15, -0.1) is 0 Å². The van der Waals surface area contributed by atoms with Gasteiger partial charge in [0.2, 0.25) is 17.8 Å². The maximum absolute atomic E-state index is 13.6. The van der Waals surface area contributed by atoms with Gasteiger partial charge in [0.05, 0.1) is 18.9 Å². The Hall–Kier alpha value is -2.48. The molecular weight excluding hydrogens is 275 g/mol. The smallest absolute Gasteiger partial charge is 0.233 e. The molecule has 0 aliphatic carbocycles. The van der Waals surface area contributed by atoms with Crippen molar-refractivity contribution in [3.05, 3.63) is 30.1 Å². The number of nitrogen functional groups attached to an aromatic ring is 1. The third kappa shape index (κ3) is 3.16. The van der Waals surface area contributed by atoms with Crippen LogP contribution in [0.4, 0.5) is 27.9 Å². The van der Waals surface area contributed by atoms with E-state index in [0.717, 1.165) is 0 Å². The van der Waals surface area contributed by atoms with E-state index in [0.29, 0.717) is 32.3 Å². The van der Waals surface area contributed by atoms with Crippen LogP contribution in [-0.2, 0) is 4.74 Å². The second-order valence-electron chi connectivity index (χ2n) is 4.52. The van der Waals surface area contributed by atoms with Crippen LogP contribution in [0.5, 0.6) is 0 Å². The van der Waals surface area contributed by atoms with Crippen LogP contribution >= 0.6 is 0 Å². The van der Waals surface area contributed by atoms with Crippen molar-refractivity contribution in [2.75, 3.05) is 42.3 Å². The van der Waals surface area contributed by atoms with Gasteiger partial charge in [-0.25, -0.2) is 4.39 Å². The number of morpholine rings is 1. The number of hydrogen-bond acceptors (Lipinski definition) is 7. The van der Waals surface area contributed by atoms with Crippen LogP contribution < -0.4 is 16.0 Å². The number of halogens is 1. The van der Waals surface area contributed by atoms with Crippen LogP contribution in [-0.4, -0.2) is 41.3 Å². The first-order chi connectivity index (χ1) is 10.2. The lowest BCUT2D eigenvalue weighted by atomic mass is 10.3. The zero-order chi connectivity index (χ0) is 14.7. The molecule has 1 aromatic carbocycles. The van der Waals surface area contributed by atoms with E-state index in [1.54, 1.807) is 18.2 Å². The van der Waals surface area contributed by atoms with Crippen molar-refractivity contribution in [1.29, 1.82) is 0 Å². The second-order valence-corrected chi connectivity index (χ2v) is 4.52. The Morgan fingerprint density at radius 3 is 2.67 bits per heavy atom. The number of nitrogens with two attached hydrogens (primary N) is 1. The number of benzene rings is 1. The molecule has 21 heavy (non-hydrogen) atoms.